The van der Waals surface area contributed by atoms with Crippen molar-refractivity contribution in [3.63, 3.8) is 0 Å². The van der Waals surface area contributed by atoms with Crippen LogP contribution in [0.1, 0.15) is 22.2 Å². The van der Waals surface area contributed by atoms with Crippen molar-refractivity contribution in [3.8, 4) is 5.75 Å². The van der Waals surface area contributed by atoms with Crippen LogP contribution in [0.2, 0.25) is 0 Å². The van der Waals surface area contributed by atoms with Gasteiger partial charge in [-0.05, 0) is 35.0 Å². The van der Waals surface area contributed by atoms with Crippen LogP contribution in [0.4, 0.5) is 0 Å². The van der Waals surface area contributed by atoms with Gasteiger partial charge in [-0.3, -0.25) is 4.79 Å². The SMILES string of the molecule is O=C(NC(CO)c1ccco1)c1cc2ccccc2cc1O. The molecule has 0 spiro atoms. The van der Waals surface area contributed by atoms with Gasteiger partial charge >= 0.3 is 0 Å². The standard InChI is InChI=1S/C17H15NO4/c19-10-14(16-6-3-7-22-16)18-17(21)13-8-11-4-1-2-5-12(11)9-15(13)20/h1-9,14,19-20H,10H2,(H,18,21). The second kappa shape index (κ2) is 5.91. The fraction of sp³-hybridized carbons (Fsp3) is 0.118. The van der Waals surface area contributed by atoms with Crippen LogP contribution in [0.15, 0.2) is 59.2 Å². The maximum absolute atomic E-state index is 12.3. The van der Waals surface area contributed by atoms with Crippen LogP contribution in [-0.2, 0) is 0 Å². The fourth-order valence-electron chi connectivity index (χ4n) is 2.34. The number of amides is 1. The maximum Gasteiger partial charge on any atom is 0.255 e. The third-order valence-electron chi connectivity index (χ3n) is 3.48. The van der Waals surface area contributed by atoms with Crippen molar-refractivity contribution in [3.05, 3.63) is 66.1 Å². The van der Waals surface area contributed by atoms with E-state index in [-0.39, 0.29) is 17.9 Å². The molecule has 3 rings (SSSR count). The highest BCUT2D eigenvalue weighted by Gasteiger charge is 2.19. The van der Waals surface area contributed by atoms with Crippen molar-refractivity contribution in [2.24, 2.45) is 0 Å². The van der Waals surface area contributed by atoms with Gasteiger partial charge in [0, 0.05) is 0 Å². The Morgan fingerprint density at radius 2 is 1.86 bits per heavy atom. The number of hydrogen-bond acceptors (Lipinski definition) is 4. The Labute approximate surface area is 126 Å². The van der Waals surface area contributed by atoms with Crippen LogP contribution < -0.4 is 5.32 Å². The van der Waals surface area contributed by atoms with Gasteiger partial charge in [0.2, 0.25) is 0 Å². The monoisotopic (exact) mass is 297 g/mol. The van der Waals surface area contributed by atoms with Crippen LogP contribution in [0.5, 0.6) is 5.75 Å². The molecule has 112 valence electrons. The Kier molecular flexibility index (Phi) is 3.80. The molecule has 0 bridgehead atoms. The number of fused-ring (bicyclic) bond motifs is 1. The van der Waals surface area contributed by atoms with Crippen molar-refractivity contribution in [1.29, 1.82) is 0 Å². The highest BCUT2D eigenvalue weighted by molar-refractivity contribution is 6.01. The van der Waals surface area contributed by atoms with E-state index in [1.807, 2.05) is 24.3 Å². The van der Waals surface area contributed by atoms with Gasteiger partial charge in [-0.2, -0.15) is 0 Å². The van der Waals surface area contributed by atoms with Crippen molar-refractivity contribution in [2.45, 2.75) is 6.04 Å². The zero-order chi connectivity index (χ0) is 15.5. The van der Waals surface area contributed by atoms with E-state index in [1.54, 1.807) is 24.3 Å². The number of phenols is 1. The minimum Gasteiger partial charge on any atom is -0.507 e. The summed E-state index contributed by atoms with van der Waals surface area (Å²) in [6.45, 7) is -0.298. The van der Waals surface area contributed by atoms with E-state index in [0.29, 0.717) is 5.76 Å². The summed E-state index contributed by atoms with van der Waals surface area (Å²) in [7, 11) is 0. The van der Waals surface area contributed by atoms with Gasteiger partial charge in [0.15, 0.2) is 0 Å². The lowest BCUT2D eigenvalue weighted by Crippen LogP contribution is -2.30. The molecule has 1 aromatic heterocycles. The first-order chi connectivity index (χ1) is 10.7. The number of furan rings is 1. The van der Waals surface area contributed by atoms with Gasteiger partial charge in [0.25, 0.3) is 5.91 Å². The van der Waals surface area contributed by atoms with Crippen molar-refractivity contribution in [2.75, 3.05) is 6.61 Å². The Bertz CT molecular complexity index is 796. The molecule has 0 aliphatic rings. The molecule has 0 aliphatic carbocycles. The van der Waals surface area contributed by atoms with Crippen LogP contribution in [0, 0.1) is 0 Å². The van der Waals surface area contributed by atoms with E-state index in [9.17, 15) is 15.0 Å². The summed E-state index contributed by atoms with van der Waals surface area (Å²) in [6.07, 6.45) is 1.47. The van der Waals surface area contributed by atoms with E-state index in [2.05, 4.69) is 5.32 Å². The van der Waals surface area contributed by atoms with E-state index < -0.39 is 11.9 Å². The summed E-state index contributed by atoms with van der Waals surface area (Å²) < 4.78 is 5.19. The first kappa shape index (κ1) is 14.2. The number of carbonyl (C=O) groups excluding carboxylic acids is 1. The second-order valence-electron chi connectivity index (χ2n) is 4.94. The molecule has 3 N–H and O–H groups in total. The number of carbonyl (C=O) groups is 1. The molecular formula is C17H15NO4. The van der Waals surface area contributed by atoms with Gasteiger partial charge in [-0.1, -0.05) is 24.3 Å². The molecule has 2 aromatic carbocycles. The van der Waals surface area contributed by atoms with E-state index >= 15 is 0 Å². The fourth-order valence-corrected chi connectivity index (χ4v) is 2.34. The molecule has 1 heterocycles. The normalized spacial score (nSPS) is 12.2. The lowest BCUT2D eigenvalue weighted by molar-refractivity contribution is 0.0905. The average molecular weight is 297 g/mol. The molecule has 1 unspecified atom stereocenters. The third-order valence-corrected chi connectivity index (χ3v) is 3.48. The van der Waals surface area contributed by atoms with Gasteiger partial charge in [-0.15, -0.1) is 0 Å². The van der Waals surface area contributed by atoms with E-state index in [0.717, 1.165) is 10.8 Å². The molecule has 1 atom stereocenters. The molecule has 0 saturated heterocycles. The van der Waals surface area contributed by atoms with Crippen molar-refractivity contribution >= 4 is 16.7 Å². The van der Waals surface area contributed by atoms with E-state index in [1.165, 1.54) is 6.26 Å². The number of rotatable bonds is 4. The average Bonchev–Trinajstić information content (AvgIpc) is 3.06. The van der Waals surface area contributed by atoms with Gasteiger partial charge < -0.3 is 19.9 Å². The minimum atomic E-state index is -0.659. The lowest BCUT2D eigenvalue weighted by Gasteiger charge is -2.15. The smallest absolute Gasteiger partial charge is 0.255 e. The summed E-state index contributed by atoms with van der Waals surface area (Å²) >= 11 is 0. The number of aromatic hydroxyl groups is 1. The van der Waals surface area contributed by atoms with Crippen LogP contribution in [-0.4, -0.2) is 22.7 Å². The second-order valence-corrected chi connectivity index (χ2v) is 4.94. The molecule has 0 radical (unpaired) electrons. The zero-order valence-corrected chi connectivity index (χ0v) is 11.7. The molecule has 0 fully saturated rings. The number of aliphatic hydroxyl groups excluding tert-OH is 1. The summed E-state index contributed by atoms with van der Waals surface area (Å²) in [5, 5.41) is 23.8. The predicted octanol–water partition coefficient (Wildman–Crippen LogP) is 2.60. The van der Waals surface area contributed by atoms with Crippen molar-refractivity contribution < 1.29 is 19.4 Å². The molecule has 1 amide bonds. The predicted molar refractivity (Wildman–Crippen MR) is 81.6 cm³/mol. The minimum absolute atomic E-state index is 0.104. The van der Waals surface area contributed by atoms with Crippen LogP contribution in [0.3, 0.4) is 0 Å². The first-order valence-electron chi connectivity index (χ1n) is 6.86. The van der Waals surface area contributed by atoms with Gasteiger partial charge in [0.1, 0.15) is 17.6 Å². The number of benzene rings is 2. The number of nitrogens with one attached hydrogen (secondary N) is 1. The summed E-state index contributed by atoms with van der Waals surface area (Å²) in [6, 6.07) is 13.3. The number of aliphatic hydroxyl groups is 1. The topological polar surface area (TPSA) is 82.7 Å². The molecule has 3 aromatic rings. The van der Waals surface area contributed by atoms with Crippen LogP contribution >= 0.6 is 0 Å². The first-order valence-corrected chi connectivity index (χ1v) is 6.86. The Balaban J connectivity index is 1.90. The lowest BCUT2D eigenvalue weighted by atomic mass is 10.0. The highest BCUT2D eigenvalue weighted by Crippen LogP contribution is 2.25. The molecule has 0 saturated carbocycles. The highest BCUT2D eigenvalue weighted by atomic mass is 16.3. The largest absolute Gasteiger partial charge is 0.507 e. The number of hydrogen-bond donors (Lipinski definition) is 3. The summed E-state index contributed by atoms with van der Waals surface area (Å²) in [5.74, 6) is -0.123. The molecule has 5 heteroatoms. The van der Waals surface area contributed by atoms with Gasteiger partial charge in [-0.25, -0.2) is 0 Å². The summed E-state index contributed by atoms with van der Waals surface area (Å²) in [5.41, 5.74) is 0.156. The third kappa shape index (κ3) is 2.66. The van der Waals surface area contributed by atoms with E-state index in [4.69, 9.17) is 4.42 Å². The quantitative estimate of drug-likeness (QED) is 0.691. The Hall–Kier alpha value is -2.79. The summed E-state index contributed by atoms with van der Waals surface area (Å²) in [4.78, 5) is 12.3. The van der Waals surface area contributed by atoms with Crippen LogP contribution in [0.25, 0.3) is 10.8 Å². The van der Waals surface area contributed by atoms with Gasteiger partial charge in [0.05, 0.1) is 18.4 Å². The Morgan fingerprint density at radius 1 is 1.14 bits per heavy atom. The Morgan fingerprint density at radius 3 is 2.50 bits per heavy atom. The number of phenolic OH excluding ortho intramolecular Hbond substituents is 1. The molecule has 5 nitrogen and oxygen atoms in total. The van der Waals surface area contributed by atoms with Crippen molar-refractivity contribution in [1.82, 2.24) is 5.32 Å². The molecule has 22 heavy (non-hydrogen) atoms. The zero-order valence-electron chi connectivity index (χ0n) is 11.7. The maximum atomic E-state index is 12.3. The molecule has 0 aliphatic heterocycles. The molecular weight excluding hydrogens is 282 g/mol.